The summed E-state index contributed by atoms with van der Waals surface area (Å²) >= 11 is 1.40. The number of fused-ring (bicyclic) bond motifs is 1. The molecule has 0 bridgehead atoms. The predicted molar refractivity (Wildman–Crippen MR) is 121 cm³/mol. The van der Waals surface area contributed by atoms with Crippen LogP contribution in [0.2, 0.25) is 0 Å². The topological polar surface area (TPSA) is 87.7 Å². The molecule has 4 aromatic rings. The van der Waals surface area contributed by atoms with Crippen LogP contribution in [0.15, 0.2) is 46.6 Å². The number of hydrogen-bond acceptors (Lipinski definition) is 5. The number of amides is 1. The molecule has 0 radical (unpaired) electrons. The zero-order chi connectivity index (χ0) is 21.3. The maximum absolute atomic E-state index is 12.4. The molecule has 2 heterocycles. The van der Waals surface area contributed by atoms with Crippen LogP contribution in [0, 0.1) is 20.8 Å². The van der Waals surface area contributed by atoms with Crippen LogP contribution in [0.5, 0.6) is 0 Å². The third-order valence-corrected chi connectivity index (χ3v) is 5.69. The molecule has 2 aromatic carbocycles. The quantitative estimate of drug-likeness (QED) is 0.498. The molecule has 0 atom stereocenters. The van der Waals surface area contributed by atoms with Crippen molar-refractivity contribution in [1.29, 1.82) is 0 Å². The molecular formula is C23H22N4O2S. The van der Waals surface area contributed by atoms with Crippen LogP contribution in [-0.4, -0.2) is 20.9 Å². The van der Waals surface area contributed by atoms with E-state index in [1.165, 1.54) is 28.0 Å². The monoisotopic (exact) mass is 418 g/mol. The number of aryl methyl sites for hydroxylation is 4. The fraction of sp³-hybridized carbons (Fsp3) is 0.217. The number of anilines is 1. The van der Waals surface area contributed by atoms with E-state index in [4.69, 9.17) is 0 Å². The van der Waals surface area contributed by atoms with Crippen LogP contribution in [-0.2, 0) is 11.2 Å². The van der Waals surface area contributed by atoms with Gasteiger partial charge in [0.2, 0.25) is 5.91 Å². The maximum Gasteiger partial charge on any atom is 0.258 e. The lowest BCUT2D eigenvalue weighted by Crippen LogP contribution is -2.16. The summed E-state index contributed by atoms with van der Waals surface area (Å²) in [5.74, 6) is 0.337. The summed E-state index contributed by atoms with van der Waals surface area (Å²) in [7, 11) is 0. The number of carbonyl (C=O) groups is 1. The zero-order valence-corrected chi connectivity index (χ0v) is 17.9. The lowest BCUT2D eigenvalue weighted by molar-refractivity contribution is -0.116. The number of nitrogens with zero attached hydrogens (tertiary/aromatic N) is 2. The Labute approximate surface area is 178 Å². The first-order valence-electron chi connectivity index (χ1n) is 9.72. The highest BCUT2D eigenvalue weighted by atomic mass is 32.1. The van der Waals surface area contributed by atoms with Crippen molar-refractivity contribution in [3.05, 3.63) is 74.6 Å². The van der Waals surface area contributed by atoms with Gasteiger partial charge in [0.1, 0.15) is 5.82 Å². The van der Waals surface area contributed by atoms with Gasteiger partial charge in [-0.2, -0.15) is 0 Å². The minimum Gasteiger partial charge on any atom is -0.310 e. The highest BCUT2D eigenvalue weighted by molar-refractivity contribution is 7.14. The summed E-state index contributed by atoms with van der Waals surface area (Å²) in [4.78, 5) is 36.3. The van der Waals surface area contributed by atoms with Gasteiger partial charge in [0.05, 0.1) is 16.6 Å². The number of H-pyrrole nitrogens is 1. The fourth-order valence-electron chi connectivity index (χ4n) is 3.70. The van der Waals surface area contributed by atoms with E-state index in [0.717, 1.165) is 11.3 Å². The summed E-state index contributed by atoms with van der Waals surface area (Å²) in [5.41, 5.74) is 5.97. The standard InChI is InChI=1S/C23H22N4O2S/c1-13-10-14(2)21(15(3)11-13)18-12-30-23(25-18)27-20(28)9-8-19-24-17-7-5-4-6-16(17)22(29)26-19/h4-7,10-12H,8-9H2,1-3H3,(H,24,26,29)(H,25,27,28). The summed E-state index contributed by atoms with van der Waals surface area (Å²) in [6.45, 7) is 6.22. The number of aromatic amines is 1. The summed E-state index contributed by atoms with van der Waals surface area (Å²) in [5, 5.41) is 5.92. The molecule has 0 spiro atoms. The molecule has 1 amide bonds. The van der Waals surface area contributed by atoms with Crippen LogP contribution < -0.4 is 10.9 Å². The number of rotatable bonds is 5. The molecule has 152 valence electrons. The molecule has 2 N–H and O–H groups in total. The van der Waals surface area contributed by atoms with Crippen LogP contribution in [0.3, 0.4) is 0 Å². The van der Waals surface area contributed by atoms with Crippen LogP contribution in [0.25, 0.3) is 22.2 Å². The average Bonchev–Trinajstić information content (AvgIpc) is 3.13. The van der Waals surface area contributed by atoms with E-state index >= 15 is 0 Å². The second kappa shape index (κ2) is 8.20. The number of benzene rings is 2. The Balaban J connectivity index is 1.44. The Kier molecular flexibility index (Phi) is 5.46. The molecule has 30 heavy (non-hydrogen) atoms. The van der Waals surface area contributed by atoms with Crippen molar-refractivity contribution in [1.82, 2.24) is 15.0 Å². The first kappa shape index (κ1) is 20.0. The van der Waals surface area contributed by atoms with E-state index in [9.17, 15) is 9.59 Å². The van der Waals surface area contributed by atoms with Crippen molar-refractivity contribution in [2.45, 2.75) is 33.6 Å². The van der Waals surface area contributed by atoms with E-state index < -0.39 is 0 Å². The number of aromatic nitrogens is 3. The second-order valence-electron chi connectivity index (χ2n) is 7.39. The number of thiazole rings is 1. The third-order valence-electron chi connectivity index (χ3n) is 4.93. The minimum absolute atomic E-state index is 0.163. The Morgan fingerprint density at radius 3 is 2.60 bits per heavy atom. The Bertz CT molecular complexity index is 1280. The minimum atomic E-state index is -0.190. The lowest BCUT2D eigenvalue weighted by atomic mass is 9.98. The molecule has 0 saturated heterocycles. The molecule has 2 aromatic heterocycles. The zero-order valence-electron chi connectivity index (χ0n) is 17.1. The Morgan fingerprint density at radius 1 is 1.10 bits per heavy atom. The van der Waals surface area contributed by atoms with Crippen molar-refractivity contribution in [3.63, 3.8) is 0 Å². The van der Waals surface area contributed by atoms with E-state index in [2.05, 4.69) is 53.2 Å². The van der Waals surface area contributed by atoms with Crippen molar-refractivity contribution in [2.24, 2.45) is 0 Å². The smallest absolute Gasteiger partial charge is 0.258 e. The first-order chi connectivity index (χ1) is 14.4. The van der Waals surface area contributed by atoms with Gasteiger partial charge in [0.15, 0.2) is 5.13 Å². The highest BCUT2D eigenvalue weighted by Gasteiger charge is 2.13. The first-order valence-corrected chi connectivity index (χ1v) is 10.6. The van der Waals surface area contributed by atoms with E-state index in [1.54, 1.807) is 18.2 Å². The summed E-state index contributed by atoms with van der Waals surface area (Å²) in [6, 6.07) is 11.4. The van der Waals surface area contributed by atoms with Crippen molar-refractivity contribution in [2.75, 3.05) is 5.32 Å². The summed E-state index contributed by atoms with van der Waals surface area (Å²) < 4.78 is 0. The molecule has 0 aliphatic rings. The number of nitrogens with one attached hydrogen (secondary N) is 2. The molecule has 0 saturated carbocycles. The normalized spacial score (nSPS) is 11.0. The van der Waals surface area contributed by atoms with Crippen molar-refractivity contribution >= 4 is 33.3 Å². The summed E-state index contributed by atoms with van der Waals surface area (Å²) in [6.07, 6.45) is 0.555. The van der Waals surface area contributed by atoms with E-state index in [1.807, 2.05) is 11.4 Å². The van der Waals surface area contributed by atoms with Gasteiger partial charge in [-0.25, -0.2) is 9.97 Å². The molecule has 0 unspecified atom stereocenters. The molecule has 6 nitrogen and oxygen atoms in total. The maximum atomic E-state index is 12.4. The number of hydrogen-bond donors (Lipinski definition) is 2. The SMILES string of the molecule is Cc1cc(C)c(-c2csc(NC(=O)CCc3nc4ccccc4c(=O)[nH]3)n2)c(C)c1. The molecular weight excluding hydrogens is 396 g/mol. The second-order valence-corrected chi connectivity index (χ2v) is 8.25. The van der Waals surface area contributed by atoms with Crippen molar-refractivity contribution in [3.8, 4) is 11.3 Å². The van der Waals surface area contributed by atoms with Gasteiger partial charge in [-0.05, 0) is 44.0 Å². The highest BCUT2D eigenvalue weighted by Crippen LogP contribution is 2.31. The Hall–Kier alpha value is -3.32. The van der Waals surface area contributed by atoms with Crippen LogP contribution >= 0.6 is 11.3 Å². The van der Waals surface area contributed by atoms with E-state index in [-0.39, 0.29) is 17.9 Å². The third kappa shape index (κ3) is 4.16. The fourth-order valence-corrected chi connectivity index (χ4v) is 4.41. The van der Waals surface area contributed by atoms with Gasteiger partial charge in [0.25, 0.3) is 5.56 Å². The van der Waals surface area contributed by atoms with Gasteiger partial charge in [-0.3, -0.25) is 9.59 Å². The Morgan fingerprint density at radius 2 is 1.83 bits per heavy atom. The van der Waals surface area contributed by atoms with Crippen LogP contribution in [0.4, 0.5) is 5.13 Å². The molecule has 7 heteroatoms. The molecule has 4 rings (SSSR count). The molecule has 0 fully saturated rings. The van der Waals surface area contributed by atoms with Crippen LogP contribution in [0.1, 0.15) is 28.9 Å². The number of carbonyl (C=O) groups excluding carboxylic acids is 1. The van der Waals surface area contributed by atoms with Gasteiger partial charge in [-0.1, -0.05) is 29.8 Å². The predicted octanol–water partition coefficient (Wildman–Crippen LogP) is 4.54. The largest absolute Gasteiger partial charge is 0.310 e. The van der Waals surface area contributed by atoms with Gasteiger partial charge in [-0.15, -0.1) is 11.3 Å². The molecule has 0 aliphatic carbocycles. The molecule has 0 aliphatic heterocycles. The van der Waals surface area contributed by atoms with Gasteiger partial charge >= 0.3 is 0 Å². The van der Waals surface area contributed by atoms with E-state index in [0.29, 0.717) is 28.3 Å². The van der Waals surface area contributed by atoms with Gasteiger partial charge in [0, 0.05) is 23.8 Å². The number of para-hydroxylation sites is 1. The van der Waals surface area contributed by atoms with Gasteiger partial charge < -0.3 is 10.3 Å². The lowest BCUT2D eigenvalue weighted by Gasteiger charge is -2.08. The average molecular weight is 419 g/mol. The van der Waals surface area contributed by atoms with Crippen molar-refractivity contribution < 1.29 is 4.79 Å².